The minimum absolute atomic E-state index is 1.16. The van der Waals surface area contributed by atoms with Crippen LogP contribution in [0.15, 0.2) is 0 Å². The van der Waals surface area contributed by atoms with E-state index in [-0.39, 0.29) is 0 Å². The van der Waals surface area contributed by atoms with Gasteiger partial charge in [0.05, 0.1) is 6.26 Å². The summed E-state index contributed by atoms with van der Waals surface area (Å²) in [5.41, 5.74) is 0. The molecular formula is C7H21NO2S. The van der Waals surface area contributed by atoms with Crippen molar-refractivity contribution in [2.75, 3.05) is 20.4 Å². The Bertz CT molecular complexity index is 139. The van der Waals surface area contributed by atoms with Crippen LogP contribution in [0.2, 0.25) is 0 Å². The van der Waals surface area contributed by atoms with Crippen LogP contribution < -0.4 is 0 Å². The van der Waals surface area contributed by atoms with Gasteiger partial charge in [-0.05, 0) is 0 Å². The zero-order valence-corrected chi connectivity index (χ0v) is 9.49. The molecule has 0 bridgehead atoms. The molecule has 0 amide bonds. The average molecular weight is 183 g/mol. The van der Waals surface area contributed by atoms with E-state index >= 15 is 0 Å². The van der Waals surface area contributed by atoms with Crippen LogP contribution in [-0.4, -0.2) is 33.1 Å². The molecule has 0 aliphatic carbocycles. The minimum Gasteiger partial charge on any atom is -0.213 e. The van der Waals surface area contributed by atoms with Gasteiger partial charge in [-0.15, -0.1) is 0 Å². The van der Waals surface area contributed by atoms with Crippen LogP contribution in [0.1, 0.15) is 27.7 Å². The number of nitrogens with zero attached hydrogens (tertiary/aromatic N) is 1. The van der Waals surface area contributed by atoms with E-state index in [1.807, 2.05) is 27.7 Å². The SMILES string of the molecule is CC.CC.CN(C)S(C)(=O)=O. The zero-order chi connectivity index (χ0) is 10.1. The van der Waals surface area contributed by atoms with E-state index in [4.69, 9.17) is 0 Å². The van der Waals surface area contributed by atoms with Crippen LogP contribution in [0, 0.1) is 0 Å². The second kappa shape index (κ2) is 9.91. The molecular weight excluding hydrogens is 162 g/mol. The Morgan fingerprint density at radius 3 is 1.00 bits per heavy atom. The molecule has 0 aliphatic rings. The van der Waals surface area contributed by atoms with Gasteiger partial charge in [0.15, 0.2) is 0 Å². The predicted molar refractivity (Wildman–Crippen MR) is 51.2 cm³/mol. The minimum atomic E-state index is -2.91. The fraction of sp³-hybridized carbons (Fsp3) is 1.00. The van der Waals surface area contributed by atoms with Gasteiger partial charge < -0.3 is 0 Å². The molecule has 0 N–H and O–H groups in total. The molecule has 0 spiro atoms. The Morgan fingerprint density at radius 1 is 0.909 bits per heavy atom. The maximum absolute atomic E-state index is 10.3. The van der Waals surface area contributed by atoms with Crippen molar-refractivity contribution in [1.29, 1.82) is 0 Å². The number of rotatable bonds is 1. The van der Waals surface area contributed by atoms with Gasteiger partial charge in [-0.2, -0.15) is 0 Å². The lowest BCUT2D eigenvalue weighted by atomic mass is 11.0. The lowest BCUT2D eigenvalue weighted by molar-refractivity contribution is 0.527. The summed E-state index contributed by atoms with van der Waals surface area (Å²) in [7, 11) is 0.0833. The second-order valence-electron chi connectivity index (χ2n) is 1.55. The Balaban J connectivity index is -0.000000138. The first-order valence-electron chi connectivity index (χ1n) is 3.82. The fourth-order valence-electron chi connectivity index (χ4n) is 0. The Labute approximate surface area is 71.5 Å². The number of sulfonamides is 1. The summed E-state index contributed by atoms with van der Waals surface area (Å²) in [6.07, 6.45) is 1.16. The highest BCUT2D eigenvalue weighted by Crippen LogP contribution is 1.82. The smallest absolute Gasteiger partial charge is 0.210 e. The van der Waals surface area contributed by atoms with Gasteiger partial charge in [0.1, 0.15) is 0 Å². The number of hydrogen-bond donors (Lipinski definition) is 0. The van der Waals surface area contributed by atoms with Crippen molar-refractivity contribution >= 4 is 10.0 Å². The van der Waals surface area contributed by atoms with Crippen LogP contribution in [-0.2, 0) is 10.0 Å². The van der Waals surface area contributed by atoms with E-state index in [2.05, 4.69) is 0 Å². The van der Waals surface area contributed by atoms with Crippen molar-refractivity contribution in [3.8, 4) is 0 Å². The van der Waals surface area contributed by atoms with E-state index in [1.54, 1.807) is 0 Å². The standard InChI is InChI=1S/C3H9NO2S.2C2H6/c1-4(2)7(3,5)6;2*1-2/h1-3H3;2*1-2H3. The van der Waals surface area contributed by atoms with Gasteiger partial charge in [-0.3, -0.25) is 0 Å². The van der Waals surface area contributed by atoms with E-state index in [0.717, 1.165) is 10.6 Å². The Hall–Kier alpha value is -0.0900. The summed E-state index contributed by atoms with van der Waals surface area (Å²) in [5.74, 6) is 0. The van der Waals surface area contributed by atoms with Crippen LogP contribution in [0.25, 0.3) is 0 Å². The van der Waals surface area contributed by atoms with E-state index < -0.39 is 10.0 Å². The molecule has 11 heavy (non-hydrogen) atoms. The first kappa shape index (κ1) is 17.1. The predicted octanol–water partition coefficient (Wildman–Crippen LogP) is 1.56. The quantitative estimate of drug-likeness (QED) is 0.618. The maximum atomic E-state index is 10.3. The summed E-state index contributed by atoms with van der Waals surface area (Å²) in [6.45, 7) is 8.00. The van der Waals surface area contributed by atoms with Gasteiger partial charge in [0.2, 0.25) is 10.0 Å². The zero-order valence-electron chi connectivity index (χ0n) is 8.67. The second-order valence-corrected chi connectivity index (χ2v) is 3.74. The normalized spacial score (nSPS) is 9.09. The first-order valence-corrected chi connectivity index (χ1v) is 5.67. The topological polar surface area (TPSA) is 37.4 Å². The highest BCUT2D eigenvalue weighted by Gasteiger charge is 2.00. The monoisotopic (exact) mass is 183 g/mol. The molecule has 72 valence electrons. The van der Waals surface area contributed by atoms with Gasteiger partial charge in [-0.25, -0.2) is 12.7 Å². The summed E-state index contributed by atoms with van der Waals surface area (Å²) < 4.78 is 21.7. The van der Waals surface area contributed by atoms with Gasteiger partial charge in [-0.1, -0.05) is 27.7 Å². The van der Waals surface area contributed by atoms with E-state index in [1.165, 1.54) is 14.1 Å². The molecule has 0 aromatic carbocycles. The molecule has 3 nitrogen and oxygen atoms in total. The molecule has 4 heteroatoms. The largest absolute Gasteiger partial charge is 0.213 e. The molecule has 0 fully saturated rings. The van der Waals surface area contributed by atoms with Crippen molar-refractivity contribution in [1.82, 2.24) is 4.31 Å². The molecule has 0 saturated carbocycles. The van der Waals surface area contributed by atoms with Crippen LogP contribution in [0.3, 0.4) is 0 Å². The Morgan fingerprint density at radius 2 is 1.00 bits per heavy atom. The summed E-state index contributed by atoms with van der Waals surface area (Å²) in [5, 5.41) is 0. The summed E-state index contributed by atoms with van der Waals surface area (Å²) in [4.78, 5) is 0. The molecule has 0 unspecified atom stereocenters. The van der Waals surface area contributed by atoms with E-state index in [9.17, 15) is 8.42 Å². The fourth-order valence-corrected chi connectivity index (χ4v) is 0. The maximum Gasteiger partial charge on any atom is 0.210 e. The molecule has 0 heterocycles. The third-order valence-corrected chi connectivity index (χ3v) is 1.99. The average Bonchev–Trinajstić information content (AvgIpc) is 1.95. The highest BCUT2D eigenvalue weighted by atomic mass is 32.2. The van der Waals surface area contributed by atoms with Crippen LogP contribution in [0.4, 0.5) is 0 Å². The van der Waals surface area contributed by atoms with Gasteiger partial charge in [0.25, 0.3) is 0 Å². The van der Waals surface area contributed by atoms with Crippen molar-refractivity contribution in [3.63, 3.8) is 0 Å². The van der Waals surface area contributed by atoms with Crippen molar-refractivity contribution < 1.29 is 8.42 Å². The molecule has 0 atom stereocenters. The van der Waals surface area contributed by atoms with E-state index in [0.29, 0.717) is 0 Å². The molecule has 0 saturated heterocycles. The molecule has 0 aliphatic heterocycles. The van der Waals surface area contributed by atoms with Crippen molar-refractivity contribution in [3.05, 3.63) is 0 Å². The third-order valence-electron chi connectivity index (χ3n) is 0.663. The molecule has 0 rings (SSSR count). The van der Waals surface area contributed by atoms with Gasteiger partial charge in [0, 0.05) is 14.1 Å². The molecule has 0 aromatic rings. The van der Waals surface area contributed by atoms with Gasteiger partial charge >= 0.3 is 0 Å². The lowest BCUT2D eigenvalue weighted by Gasteiger charge is -2.02. The third kappa shape index (κ3) is 17.8. The summed E-state index contributed by atoms with van der Waals surface area (Å²) >= 11 is 0. The molecule has 0 aromatic heterocycles. The van der Waals surface area contributed by atoms with Crippen LogP contribution in [0.5, 0.6) is 0 Å². The lowest BCUT2D eigenvalue weighted by Crippen LogP contribution is -2.19. The highest BCUT2D eigenvalue weighted by molar-refractivity contribution is 7.88. The summed E-state index contributed by atoms with van der Waals surface area (Å²) in [6, 6.07) is 0. The molecule has 0 radical (unpaired) electrons. The van der Waals surface area contributed by atoms with Crippen molar-refractivity contribution in [2.24, 2.45) is 0 Å². The Kier molecular flexibility index (Phi) is 15.4. The number of hydrogen-bond acceptors (Lipinski definition) is 2. The van der Waals surface area contributed by atoms with Crippen molar-refractivity contribution in [2.45, 2.75) is 27.7 Å². The first-order chi connectivity index (χ1) is 4.94. The van der Waals surface area contributed by atoms with Crippen LogP contribution >= 0.6 is 0 Å².